The van der Waals surface area contributed by atoms with Crippen molar-refractivity contribution in [3.05, 3.63) is 0 Å². The normalized spacial score (nSPS) is 13.2. The Labute approximate surface area is 124 Å². The molecule has 0 aromatic rings. The fourth-order valence-electron chi connectivity index (χ4n) is 1.68. The van der Waals surface area contributed by atoms with E-state index < -0.39 is 24.0 Å². The third kappa shape index (κ3) is 9.63. The first-order chi connectivity index (χ1) is 9.88. The van der Waals surface area contributed by atoms with E-state index in [9.17, 15) is 9.59 Å². The summed E-state index contributed by atoms with van der Waals surface area (Å²) in [5.41, 5.74) is 21.4. The Morgan fingerprint density at radius 3 is 2.33 bits per heavy atom. The molecule has 0 unspecified atom stereocenters. The summed E-state index contributed by atoms with van der Waals surface area (Å²) in [6.45, 7) is 0.849. The number of nitrogens with two attached hydrogens (primary N) is 4. The summed E-state index contributed by atoms with van der Waals surface area (Å²) in [4.78, 5) is 26.6. The summed E-state index contributed by atoms with van der Waals surface area (Å²) in [5.74, 6) is -1.63. The summed E-state index contributed by atoms with van der Waals surface area (Å²) in [5, 5.41) is 11.5. The lowest BCUT2D eigenvalue weighted by Crippen LogP contribution is -2.48. The van der Waals surface area contributed by atoms with Crippen LogP contribution in [0.5, 0.6) is 0 Å². The number of aliphatic imine (C=N–C) groups is 1. The van der Waals surface area contributed by atoms with Gasteiger partial charge in [-0.05, 0) is 32.2 Å². The number of carboxylic acids is 1. The number of unbranched alkanes of at least 4 members (excludes halogenated alkanes) is 1. The highest BCUT2D eigenvalue weighted by molar-refractivity contribution is 5.86. The van der Waals surface area contributed by atoms with Crippen LogP contribution in [0.2, 0.25) is 0 Å². The molecule has 0 bridgehead atoms. The molecule has 0 aromatic carbocycles. The van der Waals surface area contributed by atoms with Gasteiger partial charge in [0.1, 0.15) is 6.04 Å². The Balaban J connectivity index is 4.20. The standard InChI is InChI=1S/C12H26N6O3/c13-6-2-1-4-8(14)10(19)18-9(11(20)21)5-3-7-17-12(15)16/h8-9H,1-7,13-14H2,(H,18,19)(H,20,21)(H4,15,16,17)/t8-,9+/m1/s1. The quantitative estimate of drug-likeness (QED) is 0.146. The summed E-state index contributed by atoms with van der Waals surface area (Å²) in [7, 11) is 0. The molecule has 1 amide bonds. The molecule has 0 saturated carbocycles. The lowest BCUT2D eigenvalue weighted by atomic mass is 10.1. The summed E-state index contributed by atoms with van der Waals surface area (Å²) >= 11 is 0. The van der Waals surface area contributed by atoms with Crippen LogP contribution in [-0.4, -0.2) is 48.1 Å². The SMILES string of the molecule is NCCCC[C@@H](N)C(=O)N[C@@H](CCCN=C(N)N)C(=O)O. The van der Waals surface area contributed by atoms with E-state index in [1.165, 1.54) is 0 Å². The number of guanidine groups is 1. The molecule has 0 spiro atoms. The Bertz CT molecular complexity index is 357. The average molecular weight is 302 g/mol. The number of nitrogens with one attached hydrogen (secondary N) is 1. The van der Waals surface area contributed by atoms with Gasteiger partial charge in [-0.15, -0.1) is 0 Å². The van der Waals surface area contributed by atoms with Crippen molar-refractivity contribution in [2.75, 3.05) is 13.1 Å². The minimum Gasteiger partial charge on any atom is -0.480 e. The number of hydrogen-bond acceptors (Lipinski definition) is 5. The fraction of sp³-hybridized carbons (Fsp3) is 0.750. The minimum atomic E-state index is -1.11. The largest absolute Gasteiger partial charge is 0.480 e. The Morgan fingerprint density at radius 1 is 1.14 bits per heavy atom. The van der Waals surface area contributed by atoms with Crippen molar-refractivity contribution in [3.8, 4) is 0 Å². The lowest BCUT2D eigenvalue weighted by Gasteiger charge is -2.17. The first-order valence-corrected chi connectivity index (χ1v) is 6.92. The van der Waals surface area contributed by atoms with Gasteiger partial charge in [0, 0.05) is 6.54 Å². The molecule has 0 radical (unpaired) electrons. The third-order valence-corrected chi connectivity index (χ3v) is 2.87. The molecule has 0 fully saturated rings. The third-order valence-electron chi connectivity index (χ3n) is 2.87. The van der Waals surface area contributed by atoms with Crippen molar-refractivity contribution in [2.24, 2.45) is 27.9 Å². The molecular formula is C12H26N6O3. The van der Waals surface area contributed by atoms with E-state index >= 15 is 0 Å². The summed E-state index contributed by atoms with van der Waals surface area (Å²) in [6, 6.07) is -1.72. The number of hydrogen-bond donors (Lipinski definition) is 6. The van der Waals surface area contributed by atoms with Crippen LogP contribution in [0, 0.1) is 0 Å². The molecule has 0 aliphatic carbocycles. The van der Waals surface area contributed by atoms with E-state index in [0.717, 1.165) is 12.8 Å². The van der Waals surface area contributed by atoms with Gasteiger partial charge in [0.05, 0.1) is 6.04 Å². The topological polar surface area (TPSA) is 183 Å². The highest BCUT2D eigenvalue weighted by Crippen LogP contribution is 2.02. The molecule has 0 aliphatic rings. The maximum atomic E-state index is 11.8. The van der Waals surface area contributed by atoms with E-state index in [2.05, 4.69) is 10.3 Å². The van der Waals surface area contributed by atoms with Gasteiger partial charge in [0.2, 0.25) is 5.91 Å². The molecule has 0 heterocycles. The van der Waals surface area contributed by atoms with Crippen molar-refractivity contribution in [2.45, 2.75) is 44.2 Å². The van der Waals surface area contributed by atoms with Gasteiger partial charge in [-0.2, -0.15) is 0 Å². The second kappa shape index (κ2) is 10.9. The molecule has 9 heteroatoms. The molecule has 0 aliphatic heterocycles. The smallest absolute Gasteiger partial charge is 0.326 e. The van der Waals surface area contributed by atoms with Crippen molar-refractivity contribution in [1.29, 1.82) is 0 Å². The van der Waals surface area contributed by atoms with Gasteiger partial charge in [0.15, 0.2) is 5.96 Å². The number of nitrogens with zero attached hydrogens (tertiary/aromatic N) is 1. The van der Waals surface area contributed by atoms with Gasteiger partial charge < -0.3 is 33.4 Å². The second-order valence-corrected chi connectivity index (χ2v) is 4.74. The zero-order valence-corrected chi connectivity index (χ0v) is 12.1. The number of rotatable bonds is 11. The van der Waals surface area contributed by atoms with E-state index in [4.69, 9.17) is 28.0 Å². The molecule has 10 N–H and O–H groups in total. The Kier molecular flexibility index (Phi) is 9.90. The number of carbonyl (C=O) groups excluding carboxylic acids is 1. The van der Waals surface area contributed by atoms with E-state index in [1.807, 2.05) is 0 Å². The molecule has 0 rings (SSSR count). The van der Waals surface area contributed by atoms with Crippen LogP contribution in [0.25, 0.3) is 0 Å². The van der Waals surface area contributed by atoms with Gasteiger partial charge in [-0.25, -0.2) is 4.79 Å². The Morgan fingerprint density at radius 2 is 1.81 bits per heavy atom. The molecule has 0 aromatic heterocycles. The molecular weight excluding hydrogens is 276 g/mol. The van der Waals surface area contributed by atoms with Crippen LogP contribution in [0.3, 0.4) is 0 Å². The predicted molar refractivity (Wildman–Crippen MR) is 80.4 cm³/mol. The Hall–Kier alpha value is -1.87. The van der Waals surface area contributed by atoms with Crippen LogP contribution >= 0.6 is 0 Å². The van der Waals surface area contributed by atoms with E-state index in [0.29, 0.717) is 25.9 Å². The van der Waals surface area contributed by atoms with Gasteiger partial charge in [0.25, 0.3) is 0 Å². The average Bonchev–Trinajstić information content (AvgIpc) is 2.41. The van der Waals surface area contributed by atoms with Crippen molar-refractivity contribution in [1.82, 2.24) is 5.32 Å². The summed E-state index contributed by atoms with van der Waals surface area (Å²) in [6.07, 6.45) is 2.66. The van der Waals surface area contributed by atoms with E-state index in [1.54, 1.807) is 0 Å². The number of carboxylic acid groups (broad SMARTS) is 1. The number of carbonyl (C=O) groups is 2. The van der Waals surface area contributed by atoms with Crippen molar-refractivity contribution < 1.29 is 14.7 Å². The van der Waals surface area contributed by atoms with Crippen LogP contribution in [0.1, 0.15) is 32.1 Å². The minimum absolute atomic E-state index is 0.0483. The first-order valence-electron chi connectivity index (χ1n) is 6.92. The summed E-state index contributed by atoms with van der Waals surface area (Å²) < 4.78 is 0. The van der Waals surface area contributed by atoms with Gasteiger partial charge in [-0.1, -0.05) is 6.42 Å². The van der Waals surface area contributed by atoms with Crippen molar-refractivity contribution in [3.63, 3.8) is 0 Å². The molecule has 9 nitrogen and oxygen atoms in total. The molecule has 2 atom stereocenters. The van der Waals surface area contributed by atoms with Crippen LogP contribution in [0.15, 0.2) is 4.99 Å². The molecule has 21 heavy (non-hydrogen) atoms. The zero-order valence-electron chi connectivity index (χ0n) is 12.1. The van der Waals surface area contributed by atoms with Gasteiger partial charge in [-0.3, -0.25) is 9.79 Å². The second-order valence-electron chi connectivity index (χ2n) is 4.74. The number of aliphatic carboxylic acids is 1. The maximum Gasteiger partial charge on any atom is 0.326 e. The zero-order chi connectivity index (χ0) is 16.3. The van der Waals surface area contributed by atoms with Crippen LogP contribution in [-0.2, 0) is 9.59 Å². The maximum absolute atomic E-state index is 11.8. The molecule has 122 valence electrons. The highest BCUT2D eigenvalue weighted by atomic mass is 16.4. The first kappa shape index (κ1) is 19.1. The highest BCUT2D eigenvalue weighted by Gasteiger charge is 2.22. The number of amides is 1. The fourth-order valence-corrected chi connectivity index (χ4v) is 1.68. The van der Waals surface area contributed by atoms with E-state index in [-0.39, 0.29) is 12.4 Å². The monoisotopic (exact) mass is 302 g/mol. The predicted octanol–water partition coefficient (Wildman–Crippen LogP) is -1.93. The van der Waals surface area contributed by atoms with Crippen LogP contribution < -0.4 is 28.3 Å². The lowest BCUT2D eigenvalue weighted by molar-refractivity contribution is -0.142. The molecule has 0 saturated heterocycles. The van der Waals surface area contributed by atoms with Crippen LogP contribution in [0.4, 0.5) is 0 Å². The van der Waals surface area contributed by atoms with Gasteiger partial charge >= 0.3 is 5.97 Å². The van der Waals surface area contributed by atoms with Crippen molar-refractivity contribution >= 4 is 17.8 Å².